The van der Waals surface area contributed by atoms with Crippen molar-refractivity contribution in [3.05, 3.63) is 52.3 Å². The van der Waals surface area contributed by atoms with E-state index in [0.29, 0.717) is 19.0 Å². The highest BCUT2D eigenvalue weighted by atomic mass is 35.5. The number of hydrogen-bond donors (Lipinski definition) is 1. The van der Waals surface area contributed by atoms with Crippen LogP contribution >= 0.6 is 11.6 Å². The highest BCUT2D eigenvalue weighted by Crippen LogP contribution is 2.18. The minimum absolute atomic E-state index is 0.413. The van der Waals surface area contributed by atoms with Crippen molar-refractivity contribution < 1.29 is 0 Å². The molecule has 0 atom stereocenters. The molecule has 5 heteroatoms. The van der Waals surface area contributed by atoms with Crippen molar-refractivity contribution in [2.45, 2.75) is 20.0 Å². The molecule has 0 fully saturated rings. The lowest BCUT2D eigenvalue weighted by Gasteiger charge is -2.18. The SMILES string of the molecule is Cc1cc(CN)nc(N(C)Cc2ccccc2Cl)n1. The molecule has 0 radical (unpaired) electrons. The molecule has 2 N–H and O–H groups in total. The number of anilines is 1. The van der Waals surface area contributed by atoms with Crippen molar-refractivity contribution in [3.8, 4) is 0 Å². The van der Waals surface area contributed by atoms with E-state index in [1.54, 1.807) is 0 Å². The van der Waals surface area contributed by atoms with E-state index in [1.165, 1.54) is 0 Å². The summed E-state index contributed by atoms with van der Waals surface area (Å²) in [5.41, 5.74) is 8.44. The monoisotopic (exact) mass is 276 g/mol. The summed E-state index contributed by atoms with van der Waals surface area (Å²) in [6, 6.07) is 9.66. The molecule has 0 bridgehead atoms. The smallest absolute Gasteiger partial charge is 0.225 e. The third kappa shape index (κ3) is 3.43. The normalized spacial score (nSPS) is 10.5. The first-order valence-corrected chi connectivity index (χ1v) is 6.47. The molecule has 0 spiro atoms. The summed E-state index contributed by atoms with van der Waals surface area (Å²) < 4.78 is 0. The van der Waals surface area contributed by atoms with E-state index in [4.69, 9.17) is 17.3 Å². The van der Waals surface area contributed by atoms with Crippen molar-refractivity contribution >= 4 is 17.5 Å². The average Bonchev–Trinajstić information content (AvgIpc) is 2.40. The molecule has 0 unspecified atom stereocenters. The summed E-state index contributed by atoms with van der Waals surface area (Å²) in [5.74, 6) is 0.667. The molecule has 19 heavy (non-hydrogen) atoms. The van der Waals surface area contributed by atoms with Gasteiger partial charge in [-0.2, -0.15) is 0 Å². The number of hydrogen-bond acceptors (Lipinski definition) is 4. The fourth-order valence-electron chi connectivity index (χ4n) is 1.84. The molecule has 2 aromatic rings. The second-order valence-corrected chi connectivity index (χ2v) is 4.86. The van der Waals surface area contributed by atoms with Crippen LogP contribution in [0.25, 0.3) is 0 Å². The Morgan fingerprint density at radius 2 is 2.00 bits per heavy atom. The van der Waals surface area contributed by atoms with Crippen molar-refractivity contribution in [2.24, 2.45) is 5.73 Å². The molecule has 0 aliphatic rings. The molecule has 1 heterocycles. The zero-order valence-electron chi connectivity index (χ0n) is 11.1. The summed E-state index contributed by atoms with van der Waals surface area (Å²) in [4.78, 5) is 10.8. The van der Waals surface area contributed by atoms with Crippen LogP contribution in [0.5, 0.6) is 0 Å². The fourth-order valence-corrected chi connectivity index (χ4v) is 2.04. The van der Waals surface area contributed by atoms with Gasteiger partial charge in [0.05, 0.1) is 5.69 Å². The van der Waals surface area contributed by atoms with E-state index in [2.05, 4.69) is 9.97 Å². The maximum Gasteiger partial charge on any atom is 0.225 e. The molecular weight excluding hydrogens is 260 g/mol. The van der Waals surface area contributed by atoms with Gasteiger partial charge in [0.2, 0.25) is 5.95 Å². The highest BCUT2D eigenvalue weighted by molar-refractivity contribution is 6.31. The molecule has 0 amide bonds. The van der Waals surface area contributed by atoms with Crippen LogP contribution in [-0.2, 0) is 13.1 Å². The zero-order valence-corrected chi connectivity index (χ0v) is 11.9. The molecule has 1 aromatic heterocycles. The number of benzene rings is 1. The lowest BCUT2D eigenvalue weighted by atomic mass is 10.2. The minimum Gasteiger partial charge on any atom is -0.339 e. The average molecular weight is 277 g/mol. The Bertz CT molecular complexity index is 571. The van der Waals surface area contributed by atoms with Gasteiger partial charge in [0, 0.05) is 30.9 Å². The van der Waals surface area contributed by atoms with E-state index < -0.39 is 0 Å². The Morgan fingerprint density at radius 3 is 2.68 bits per heavy atom. The van der Waals surface area contributed by atoms with E-state index in [9.17, 15) is 0 Å². The van der Waals surface area contributed by atoms with Crippen molar-refractivity contribution in [1.82, 2.24) is 9.97 Å². The predicted molar refractivity (Wildman–Crippen MR) is 78.2 cm³/mol. The summed E-state index contributed by atoms with van der Waals surface area (Å²) in [6.45, 7) is 3.01. The van der Waals surface area contributed by atoms with Gasteiger partial charge in [-0.15, -0.1) is 0 Å². The Hall–Kier alpha value is -1.65. The van der Waals surface area contributed by atoms with Crippen LogP contribution in [0.4, 0.5) is 5.95 Å². The number of aromatic nitrogens is 2. The lowest BCUT2D eigenvalue weighted by molar-refractivity contribution is 0.837. The van der Waals surface area contributed by atoms with E-state index >= 15 is 0 Å². The van der Waals surface area contributed by atoms with E-state index in [0.717, 1.165) is 22.0 Å². The van der Waals surface area contributed by atoms with Crippen LogP contribution in [0.2, 0.25) is 5.02 Å². The van der Waals surface area contributed by atoms with Gasteiger partial charge in [-0.1, -0.05) is 29.8 Å². The van der Waals surface area contributed by atoms with Crippen LogP contribution in [0, 0.1) is 6.92 Å². The Balaban J connectivity index is 2.22. The second kappa shape index (κ2) is 5.99. The maximum atomic E-state index is 6.16. The molecule has 0 saturated heterocycles. The molecule has 2 rings (SSSR count). The molecule has 0 saturated carbocycles. The summed E-state index contributed by atoms with van der Waals surface area (Å²) in [7, 11) is 1.94. The third-order valence-corrected chi connectivity index (χ3v) is 3.18. The molecule has 0 aliphatic carbocycles. The molecule has 1 aromatic carbocycles. The van der Waals surface area contributed by atoms with Gasteiger partial charge in [-0.05, 0) is 24.6 Å². The Morgan fingerprint density at radius 1 is 1.26 bits per heavy atom. The fraction of sp³-hybridized carbons (Fsp3) is 0.286. The third-order valence-electron chi connectivity index (χ3n) is 2.81. The van der Waals surface area contributed by atoms with Gasteiger partial charge in [0.25, 0.3) is 0 Å². The molecule has 100 valence electrons. The molecule has 4 nitrogen and oxygen atoms in total. The number of nitrogens with zero attached hydrogens (tertiary/aromatic N) is 3. The summed E-state index contributed by atoms with van der Waals surface area (Å²) in [5, 5.41) is 0.751. The molecular formula is C14H17ClN4. The summed E-state index contributed by atoms with van der Waals surface area (Å²) in [6.07, 6.45) is 0. The minimum atomic E-state index is 0.413. The first-order chi connectivity index (χ1) is 9.10. The van der Waals surface area contributed by atoms with Crippen molar-refractivity contribution in [3.63, 3.8) is 0 Å². The van der Waals surface area contributed by atoms with E-state index in [-0.39, 0.29) is 0 Å². The van der Waals surface area contributed by atoms with Gasteiger partial charge in [0.15, 0.2) is 0 Å². The molecule has 0 aliphatic heterocycles. The van der Waals surface area contributed by atoms with Gasteiger partial charge in [0.1, 0.15) is 0 Å². The van der Waals surface area contributed by atoms with Crippen molar-refractivity contribution in [2.75, 3.05) is 11.9 Å². The summed E-state index contributed by atoms with van der Waals surface area (Å²) >= 11 is 6.16. The van der Waals surface area contributed by atoms with Crippen LogP contribution in [0.1, 0.15) is 17.0 Å². The van der Waals surface area contributed by atoms with E-state index in [1.807, 2.05) is 49.2 Å². The number of nitrogens with two attached hydrogens (primary N) is 1. The number of halogens is 1. The maximum absolute atomic E-state index is 6.16. The van der Waals surface area contributed by atoms with Gasteiger partial charge < -0.3 is 10.6 Å². The standard InChI is InChI=1S/C14H17ClN4/c1-10-7-12(8-16)18-14(17-10)19(2)9-11-5-3-4-6-13(11)15/h3-7H,8-9,16H2,1-2H3. The first kappa shape index (κ1) is 13.8. The Labute approximate surface area is 118 Å². The van der Waals surface area contributed by atoms with Crippen LogP contribution in [0.3, 0.4) is 0 Å². The lowest BCUT2D eigenvalue weighted by Crippen LogP contribution is -2.20. The van der Waals surface area contributed by atoms with Crippen LogP contribution < -0.4 is 10.6 Å². The van der Waals surface area contributed by atoms with Crippen LogP contribution in [-0.4, -0.2) is 17.0 Å². The Kier molecular flexibility index (Phi) is 4.35. The highest BCUT2D eigenvalue weighted by Gasteiger charge is 2.09. The largest absolute Gasteiger partial charge is 0.339 e. The van der Waals surface area contributed by atoms with Gasteiger partial charge in [-0.3, -0.25) is 0 Å². The predicted octanol–water partition coefficient (Wildman–Crippen LogP) is 2.53. The zero-order chi connectivity index (χ0) is 13.8. The van der Waals surface area contributed by atoms with Crippen molar-refractivity contribution in [1.29, 1.82) is 0 Å². The van der Waals surface area contributed by atoms with Crippen LogP contribution in [0.15, 0.2) is 30.3 Å². The number of rotatable bonds is 4. The quantitative estimate of drug-likeness (QED) is 0.932. The topological polar surface area (TPSA) is 55.0 Å². The van der Waals surface area contributed by atoms with Gasteiger partial charge in [-0.25, -0.2) is 9.97 Å². The van der Waals surface area contributed by atoms with Gasteiger partial charge >= 0.3 is 0 Å². The first-order valence-electron chi connectivity index (χ1n) is 6.09. The second-order valence-electron chi connectivity index (χ2n) is 4.45. The number of aryl methyl sites for hydroxylation is 1.